The van der Waals surface area contributed by atoms with E-state index in [4.69, 9.17) is 0 Å². The Balaban J connectivity index is 2.59. The van der Waals surface area contributed by atoms with Crippen LogP contribution in [0, 0.1) is 26.7 Å². The van der Waals surface area contributed by atoms with Crippen molar-refractivity contribution >= 4 is 0 Å². The fraction of sp³-hybridized carbons (Fsp3) is 0.300. The predicted molar refractivity (Wildman–Crippen MR) is 53.3 cm³/mol. The molecule has 0 radical (unpaired) electrons. The SMILES string of the molecule is Cc1nn(-c2cc(F)ncn2)c(C)c1C. The van der Waals surface area contributed by atoms with Gasteiger partial charge in [0, 0.05) is 11.8 Å². The molecule has 0 aromatic carbocycles. The molecule has 0 spiro atoms. The Bertz CT molecular complexity index is 504. The lowest BCUT2D eigenvalue weighted by molar-refractivity contribution is 0.575. The van der Waals surface area contributed by atoms with E-state index in [0.29, 0.717) is 5.82 Å². The quantitative estimate of drug-likeness (QED) is 0.667. The zero-order chi connectivity index (χ0) is 11.0. The van der Waals surface area contributed by atoms with Crippen molar-refractivity contribution < 1.29 is 4.39 Å². The molecule has 4 nitrogen and oxygen atoms in total. The van der Waals surface area contributed by atoms with Gasteiger partial charge in [-0.15, -0.1) is 0 Å². The smallest absolute Gasteiger partial charge is 0.218 e. The van der Waals surface area contributed by atoms with Crippen molar-refractivity contribution in [3.05, 3.63) is 35.3 Å². The van der Waals surface area contributed by atoms with Gasteiger partial charge in [-0.3, -0.25) is 0 Å². The summed E-state index contributed by atoms with van der Waals surface area (Å²) in [5.41, 5.74) is 2.98. The van der Waals surface area contributed by atoms with E-state index in [2.05, 4.69) is 15.1 Å². The van der Waals surface area contributed by atoms with Crippen molar-refractivity contribution in [2.45, 2.75) is 20.8 Å². The van der Waals surface area contributed by atoms with Crippen molar-refractivity contribution in [2.24, 2.45) is 0 Å². The lowest BCUT2D eigenvalue weighted by atomic mass is 10.2. The molecule has 0 atom stereocenters. The lowest BCUT2D eigenvalue weighted by Crippen LogP contribution is -2.03. The number of halogens is 1. The third-order valence-electron chi connectivity index (χ3n) is 2.49. The van der Waals surface area contributed by atoms with Crippen molar-refractivity contribution in [3.8, 4) is 5.82 Å². The van der Waals surface area contributed by atoms with Crippen LogP contribution in [0.5, 0.6) is 0 Å². The van der Waals surface area contributed by atoms with Crippen LogP contribution in [0.15, 0.2) is 12.4 Å². The second-order valence-corrected chi connectivity index (χ2v) is 3.41. The Morgan fingerprint density at radius 2 is 1.93 bits per heavy atom. The Labute approximate surface area is 86.8 Å². The van der Waals surface area contributed by atoms with E-state index in [0.717, 1.165) is 17.0 Å². The maximum absolute atomic E-state index is 12.9. The summed E-state index contributed by atoms with van der Waals surface area (Å²) < 4.78 is 14.5. The van der Waals surface area contributed by atoms with E-state index >= 15 is 0 Å². The molecule has 0 amide bonds. The lowest BCUT2D eigenvalue weighted by Gasteiger charge is -2.02. The minimum absolute atomic E-state index is 0.455. The third kappa shape index (κ3) is 1.60. The van der Waals surface area contributed by atoms with E-state index < -0.39 is 5.95 Å². The number of hydrogen-bond donors (Lipinski definition) is 0. The number of rotatable bonds is 1. The van der Waals surface area contributed by atoms with Crippen LogP contribution in [0.1, 0.15) is 17.0 Å². The minimum Gasteiger partial charge on any atom is -0.219 e. The van der Waals surface area contributed by atoms with Crippen LogP contribution < -0.4 is 0 Å². The largest absolute Gasteiger partial charge is 0.219 e. The van der Waals surface area contributed by atoms with Crippen LogP contribution in [-0.2, 0) is 0 Å². The molecule has 0 saturated heterocycles. The maximum atomic E-state index is 12.9. The molecule has 0 N–H and O–H groups in total. The summed E-state index contributed by atoms with van der Waals surface area (Å²) in [7, 11) is 0. The first-order valence-corrected chi connectivity index (χ1v) is 4.60. The van der Waals surface area contributed by atoms with Gasteiger partial charge in [-0.1, -0.05) is 0 Å². The zero-order valence-electron chi connectivity index (χ0n) is 8.82. The molecule has 0 aliphatic rings. The molecule has 0 bridgehead atoms. The van der Waals surface area contributed by atoms with E-state index in [1.54, 1.807) is 4.68 Å². The zero-order valence-corrected chi connectivity index (χ0v) is 8.82. The van der Waals surface area contributed by atoms with E-state index in [1.165, 1.54) is 12.4 Å². The highest BCUT2D eigenvalue weighted by molar-refractivity contribution is 5.30. The minimum atomic E-state index is -0.551. The average Bonchev–Trinajstić information content (AvgIpc) is 2.46. The molecule has 2 rings (SSSR count). The summed E-state index contributed by atoms with van der Waals surface area (Å²) >= 11 is 0. The molecule has 5 heteroatoms. The summed E-state index contributed by atoms with van der Waals surface area (Å²) in [6.07, 6.45) is 1.19. The Kier molecular flexibility index (Phi) is 2.22. The van der Waals surface area contributed by atoms with Gasteiger partial charge in [-0.25, -0.2) is 14.6 Å². The van der Waals surface area contributed by atoms with Gasteiger partial charge in [0.25, 0.3) is 0 Å². The van der Waals surface area contributed by atoms with Crippen LogP contribution in [0.2, 0.25) is 0 Å². The van der Waals surface area contributed by atoms with Gasteiger partial charge in [0.2, 0.25) is 5.95 Å². The Hall–Kier alpha value is -1.78. The van der Waals surface area contributed by atoms with E-state index in [1.807, 2.05) is 20.8 Å². The standard InChI is InChI=1S/C10H11FN4/c1-6-7(2)14-15(8(6)3)10-4-9(11)12-5-13-10/h4-5H,1-3H3. The van der Waals surface area contributed by atoms with Gasteiger partial charge in [0.05, 0.1) is 5.69 Å². The molecule has 15 heavy (non-hydrogen) atoms. The predicted octanol–water partition coefficient (Wildman–Crippen LogP) is 1.73. The summed E-state index contributed by atoms with van der Waals surface area (Å²) in [5.74, 6) is -0.0959. The van der Waals surface area contributed by atoms with Crippen molar-refractivity contribution in [1.29, 1.82) is 0 Å². The molecule has 78 valence electrons. The number of aromatic nitrogens is 4. The topological polar surface area (TPSA) is 43.6 Å². The molecule has 0 aliphatic carbocycles. The van der Waals surface area contributed by atoms with Gasteiger partial charge < -0.3 is 0 Å². The second-order valence-electron chi connectivity index (χ2n) is 3.41. The molecule has 0 saturated carbocycles. The first-order valence-electron chi connectivity index (χ1n) is 4.60. The highest BCUT2D eigenvalue weighted by Crippen LogP contribution is 2.14. The molecular weight excluding hydrogens is 195 g/mol. The monoisotopic (exact) mass is 206 g/mol. The summed E-state index contributed by atoms with van der Waals surface area (Å²) in [6, 6.07) is 1.26. The highest BCUT2D eigenvalue weighted by atomic mass is 19.1. The third-order valence-corrected chi connectivity index (χ3v) is 2.49. The fourth-order valence-electron chi connectivity index (χ4n) is 1.38. The molecule has 2 heterocycles. The van der Waals surface area contributed by atoms with E-state index in [-0.39, 0.29) is 0 Å². The van der Waals surface area contributed by atoms with Gasteiger partial charge in [-0.2, -0.15) is 9.49 Å². The molecular formula is C10H11FN4. The van der Waals surface area contributed by atoms with Gasteiger partial charge in [0.15, 0.2) is 5.82 Å². The van der Waals surface area contributed by atoms with Crippen LogP contribution in [0.4, 0.5) is 4.39 Å². The molecule has 0 fully saturated rings. The van der Waals surface area contributed by atoms with Gasteiger partial charge in [0.1, 0.15) is 6.33 Å². The van der Waals surface area contributed by atoms with Gasteiger partial charge in [-0.05, 0) is 26.3 Å². The maximum Gasteiger partial charge on any atom is 0.218 e. The van der Waals surface area contributed by atoms with Crippen molar-refractivity contribution in [1.82, 2.24) is 19.7 Å². The van der Waals surface area contributed by atoms with Gasteiger partial charge >= 0.3 is 0 Å². The van der Waals surface area contributed by atoms with Crippen LogP contribution >= 0.6 is 0 Å². The second kappa shape index (κ2) is 3.42. The Morgan fingerprint density at radius 3 is 2.47 bits per heavy atom. The summed E-state index contributed by atoms with van der Waals surface area (Å²) in [4.78, 5) is 7.38. The van der Waals surface area contributed by atoms with Crippen LogP contribution in [0.25, 0.3) is 5.82 Å². The summed E-state index contributed by atoms with van der Waals surface area (Å²) in [5, 5.41) is 4.28. The highest BCUT2D eigenvalue weighted by Gasteiger charge is 2.10. The van der Waals surface area contributed by atoms with Crippen molar-refractivity contribution in [3.63, 3.8) is 0 Å². The van der Waals surface area contributed by atoms with Crippen molar-refractivity contribution in [2.75, 3.05) is 0 Å². The first-order chi connectivity index (χ1) is 7.09. The number of nitrogens with zero attached hydrogens (tertiary/aromatic N) is 4. The first kappa shape index (κ1) is 9.76. The molecule has 2 aromatic heterocycles. The fourth-order valence-corrected chi connectivity index (χ4v) is 1.38. The molecule has 0 aliphatic heterocycles. The number of aryl methyl sites for hydroxylation is 1. The average molecular weight is 206 g/mol. The summed E-state index contributed by atoms with van der Waals surface area (Å²) in [6.45, 7) is 5.82. The van der Waals surface area contributed by atoms with E-state index in [9.17, 15) is 4.39 Å². The van der Waals surface area contributed by atoms with Crippen LogP contribution in [-0.4, -0.2) is 19.7 Å². The van der Waals surface area contributed by atoms with Crippen LogP contribution in [0.3, 0.4) is 0 Å². The molecule has 0 unspecified atom stereocenters. The number of hydrogen-bond acceptors (Lipinski definition) is 3. The normalized spacial score (nSPS) is 10.7. The Morgan fingerprint density at radius 1 is 1.20 bits per heavy atom. The molecule has 2 aromatic rings.